The van der Waals surface area contributed by atoms with Gasteiger partial charge in [0, 0.05) is 32.7 Å². The zero-order valence-electron chi connectivity index (χ0n) is 8.62. The Kier molecular flexibility index (Phi) is 6.14. The average Bonchev–Trinajstić information content (AvgIpc) is 2.17. The number of pyridine rings is 1. The second kappa shape index (κ2) is 6.26. The number of hydrogen-bond acceptors (Lipinski definition) is 1. The molecule has 2 aromatic rings. The minimum absolute atomic E-state index is 0. The molecule has 71 valence electrons. The van der Waals surface area contributed by atoms with Gasteiger partial charge >= 0.3 is 0 Å². The third kappa shape index (κ3) is 2.62. The number of fused-ring (bicyclic) bond motifs is 1. The van der Waals surface area contributed by atoms with Crippen LogP contribution in [0.3, 0.4) is 0 Å². The molecule has 2 rings (SSSR count). The molecule has 0 aliphatic rings. The van der Waals surface area contributed by atoms with Crippen LogP contribution in [0.2, 0.25) is 0 Å². The second-order valence-corrected chi connectivity index (χ2v) is 2.75. The van der Waals surface area contributed by atoms with E-state index in [1.807, 2.05) is 12.1 Å². The van der Waals surface area contributed by atoms with E-state index in [-0.39, 0.29) is 40.1 Å². The summed E-state index contributed by atoms with van der Waals surface area (Å²) in [5.74, 6) is 0. The van der Waals surface area contributed by atoms with Crippen molar-refractivity contribution < 1.29 is 32.7 Å². The van der Waals surface area contributed by atoms with Crippen molar-refractivity contribution in [1.29, 1.82) is 0 Å². The van der Waals surface area contributed by atoms with Crippen LogP contribution in [0, 0.1) is 13.5 Å². The van der Waals surface area contributed by atoms with Crippen LogP contribution in [-0.2, 0) is 39.1 Å². The Hall–Kier alpha value is -0.266. The van der Waals surface area contributed by atoms with Crippen LogP contribution in [-0.4, -0.2) is 4.98 Å². The summed E-state index contributed by atoms with van der Waals surface area (Å²) in [6, 6.07) is 11.3. The molecule has 14 heavy (non-hydrogen) atoms. The number of benzene rings is 1. The molecule has 0 unspecified atom stereocenters. The molecule has 0 aliphatic carbocycles. The zero-order chi connectivity index (χ0) is 8.39. The van der Waals surface area contributed by atoms with Gasteiger partial charge in [-0.25, -0.2) is 0 Å². The Morgan fingerprint density at radius 1 is 1.29 bits per heavy atom. The number of aromatic nitrogens is 1. The fourth-order valence-electron chi connectivity index (χ4n) is 1.39. The van der Waals surface area contributed by atoms with Crippen LogP contribution < -0.4 is 0 Å². The summed E-state index contributed by atoms with van der Waals surface area (Å²) in [7, 11) is 0. The Balaban J connectivity index is 0.000000845. The van der Waals surface area contributed by atoms with Gasteiger partial charge < -0.3 is 7.43 Å². The third-order valence-corrected chi connectivity index (χ3v) is 2.01. The van der Waals surface area contributed by atoms with E-state index in [0.717, 1.165) is 17.5 Å². The van der Waals surface area contributed by atoms with Gasteiger partial charge in [0.15, 0.2) is 0 Å². The van der Waals surface area contributed by atoms with Gasteiger partial charge in [0.05, 0.1) is 0 Å². The van der Waals surface area contributed by atoms with Crippen molar-refractivity contribution in [2.75, 3.05) is 0 Å². The number of rotatable bonds is 1. The Morgan fingerprint density at radius 2 is 2.00 bits per heavy atom. The maximum absolute atomic E-state index is 4.27. The summed E-state index contributed by atoms with van der Waals surface area (Å²) in [6.07, 6.45) is 2.73. The minimum atomic E-state index is 0. The van der Waals surface area contributed by atoms with E-state index in [2.05, 4.69) is 30.1 Å². The maximum atomic E-state index is 4.27. The van der Waals surface area contributed by atoms with Crippen molar-refractivity contribution in [1.82, 2.24) is 4.98 Å². The molecule has 1 aromatic carbocycles. The Bertz CT molecular complexity index is 393. The summed E-state index contributed by atoms with van der Waals surface area (Å²) >= 11 is 0. The molecule has 2 heteroatoms. The van der Waals surface area contributed by atoms with Crippen molar-refractivity contribution >= 4 is 10.8 Å². The minimum Gasteiger partial charge on any atom is -0.358 e. The van der Waals surface area contributed by atoms with Crippen LogP contribution in [0.4, 0.5) is 0 Å². The van der Waals surface area contributed by atoms with Gasteiger partial charge in [-0.15, -0.1) is 17.5 Å². The van der Waals surface area contributed by atoms with Gasteiger partial charge in [-0.1, -0.05) is 13.0 Å². The standard InChI is InChI=1S/C11H10N.CH3.Y/c1-2-11-10-6-4-3-5-9(10)7-8-12-11;;/h3-6,8H,2H2,1H3;1H3;/q2*-1;. The predicted molar refractivity (Wildman–Crippen MR) is 56.4 cm³/mol. The average molecular weight is 260 g/mol. The molecule has 1 heterocycles. The first kappa shape index (κ1) is 13.7. The smallest absolute Gasteiger partial charge is 0 e. The summed E-state index contributed by atoms with van der Waals surface area (Å²) in [5, 5.41) is 2.38. The summed E-state index contributed by atoms with van der Waals surface area (Å²) in [6.45, 7) is 2.12. The largest absolute Gasteiger partial charge is 0.358 e. The molecule has 0 atom stereocenters. The molecule has 0 saturated carbocycles. The Labute approximate surface area is 111 Å². The van der Waals surface area contributed by atoms with E-state index in [1.54, 1.807) is 6.20 Å². The van der Waals surface area contributed by atoms with Crippen molar-refractivity contribution in [3.05, 3.63) is 49.6 Å². The molecule has 0 N–H and O–H groups in total. The van der Waals surface area contributed by atoms with Gasteiger partial charge in [0.2, 0.25) is 0 Å². The SMILES string of the molecule is CCc1nc[c-]c2ccccc12.[CH3-].[Y]. The normalized spacial score (nSPS) is 8.93. The fraction of sp³-hybridized carbons (Fsp3) is 0.167. The van der Waals surface area contributed by atoms with E-state index in [1.165, 1.54) is 5.39 Å². The molecule has 1 radical (unpaired) electrons. The molecule has 0 fully saturated rings. The van der Waals surface area contributed by atoms with Crippen molar-refractivity contribution in [3.63, 3.8) is 0 Å². The molecular formula is C12H13NY-2. The molecule has 0 saturated heterocycles. The number of nitrogens with zero attached hydrogens (tertiary/aromatic N) is 1. The zero-order valence-corrected chi connectivity index (χ0v) is 11.5. The second-order valence-electron chi connectivity index (χ2n) is 2.75. The number of aryl methyl sites for hydroxylation is 1. The first-order chi connectivity index (χ1) is 5.92. The van der Waals surface area contributed by atoms with E-state index in [0.29, 0.717) is 0 Å². The molecular weight excluding hydrogens is 247 g/mol. The summed E-state index contributed by atoms with van der Waals surface area (Å²) in [4.78, 5) is 4.27. The summed E-state index contributed by atoms with van der Waals surface area (Å²) < 4.78 is 0. The van der Waals surface area contributed by atoms with E-state index >= 15 is 0 Å². The van der Waals surface area contributed by atoms with Gasteiger partial charge in [0.25, 0.3) is 0 Å². The topological polar surface area (TPSA) is 12.9 Å². The van der Waals surface area contributed by atoms with Crippen molar-refractivity contribution in [2.45, 2.75) is 13.3 Å². The molecule has 0 amide bonds. The van der Waals surface area contributed by atoms with Gasteiger partial charge in [-0.3, -0.25) is 4.98 Å². The molecule has 1 nitrogen and oxygen atoms in total. The van der Waals surface area contributed by atoms with Crippen LogP contribution in [0.1, 0.15) is 12.6 Å². The molecule has 0 spiro atoms. The van der Waals surface area contributed by atoms with Crippen molar-refractivity contribution in [3.8, 4) is 0 Å². The number of hydrogen-bond donors (Lipinski definition) is 0. The van der Waals surface area contributed by atoms with Crippen LogP contribution in [0.25, 0.3) is 10.8 Å². The van der Waals surface area contributed by atoms with Crippen molar-refractivity contribution in [2.24, 2.45) is 0 Å². The van der Waals surface area contributed by atoms with Gasteiger partial charge in [-0.2, -0.15) is 17.5 Å². The van der Waals surface area contributed by atoms with E-state index < -0.39 is 0 Å². The molecule has 0 bridgehead atoms. The van der Waals surface area contributed by atoms with Crippen LogP contribution in [0.15, 0.2) is 30.5 Å². The van der Waals surface area contributed by atoms with E-state index in [4.69, 9.17) is 0 Å². The van der Waals surface area contributed by atoms with Gasteiger partial charge in [-0.05, 0) is 18.3 Å². The fourth-order valence-corrected chi connectivity index (χ4v) is 1.39. The first-order valence-corrected chi connectivity index (χ1v) is 4.16. The molecule has 1 aromatic heterocycles. The van der Waals surface area contributed by atoms with E-state index in [9.17, 15) is 0 Å². The first-order valence-electron chi connectivity index (χ1n) is 4.16. The Morgan fingerprint density at radius 3 is 2.71 bits per heavy atom. The maximum Gasteiger partial charge on any atom is 0 e. The summed E-state index contributed by atoms with van der Waals surface area (Å²) in [5.41, 5.74) is 1.16. The quantitative estimate of drug-likeness (QED) is 0.718. The third-order valence-electron chi connectivity index (χ3n) is 2.01. The molecule has 0 aliphatic heterocycles. The van der Waals surface area contributed by atoms with Crippen LogP contribution >= 0.6 is 0 Å². The van der Waals surface area contributed by atoms with Gasteiger partial charge in [0.1, 0.15) is 0 Å². The van der Waals surface area contributed by atoms with Crippen LogP contribution in [0.5, 0.6) is 0 Å². The monoisotopic (exact) mass is 260 g/mol. The predicted octanol–water partition coefficient (Wildman–Crippen LogP) is 3.05.